The largest absolute Gasteiger partial charge is 0.326 e. The van der Waals surface area contributed by atoms with E-state index >= 15 is 0 Å². The molecule has 3 aliphatic heterocycles. The molecule has 1 aromatic rings. The van der Waals surface area contributed by atoms with E-state index in [2.05, 4.69) is 19.2 Å². The summed E-state index contributed by atoms with van der Waals surface area (Å²) in [5.41, 5.74) is 1.60. The van der Waals surface area contributed by atoms with Crippen LogP contribution in [-0.2, 0) is 19.9 Å². The van der Waals surface area contributed by atoms with Gasteiger partial charge in [0.15, 0.2) is 0 Å². The van der Waals surface area contributed by atoms with Crippen molar-refractivity contribution in [1.29, 1.82) is 0 Å². The second-order valence-corrected chi connectivity index (χ2v) is 8.67. The van der Waals surface area contributed by atoms with E-state index in [9.17, 15) is 14.4 Å². The molecule has 0 unspecified atom stereocenters. The van der Waals surface area contributed by atoms with E-state index < -0.39 is 17.4 Å². The van der Waals surface area contributed by atoms with Crippen LogP contribution in [0.4, 0.5) is 5.69 Å². The summed E-state index contributed by atoms with van der Waals surface area (Å²) in [6.07, 6.45) is 0.710. The summed E-state index contributed by atoms with van der Waals surface area (Å²) in [5.74, 6) is -1.40. The van der Waals surface area contributed by atoms with E-state index in [0.717, 1.165) is 16.8 Å². The molecule has 2 fully saturated rings. The minimum absolute atomic E-state index is 0.0993. The Labute approximate surface area is 159 Å². The van der Waals surface area contributed by atoms with Gasteiger partial charge in [0.1, 0.15) is 17.9 Å². The number of carbonyl (C=O) groups is 3. The van der Waals surface area contributed by atoms with Crippen LogP contribution in [0.25, 0.3) is 0 Å². The number of imide groups is 1. The number of fused-ring (bicyclic) bond motifs is 4. The monoisotopic (exact) mass is 370 g/mol. The molecule has 144 valence electrons. The molecule has 0 aliphatic carbocycles. The number of nitrogens with zero attached hydrogens (tertiary/aromatic N) is 1. The lowest BCUT2D eigenvalue weighted by Crippen LogP contribution is -2.99. The highest BCUT2D eigenvalue weighted by atomic mass is 16.2. The van der Waals surface area contributed by atoms with Crippen LogP contribution in [0.1, 0.15) is 45.2 Å². The lowest BCUT2D eigenvalue weighted by atomic mass is 9.75. The number of carbonyl (C=O) groups excluding carboxylic acids is 3. The fourth-order valence-corrected chi connectivity index (χ4v) is 5.25. The van der Waals surface area contributed by atoms with E-state index in [1.807, 2.05) is 44.3 Å². The van der Waals surface area contributed by atoms with Crippen molar-refractivity contribution in [3.05, 3.63) is 29.3 Å². The smallest absolute Gasteiger partial charge is 0.291 e. The third-order valence-electron chi connectivity index (χ3n) is 6.79. The molecule has 3 amide bonds. The molecular weight excluding hydrogens is 342 g/mol. The number of benzene rings is 1. The summed E-state index contributed by atoms with van der Waals surface area (Å²) in [5, 5.41) is 4.98. The van der Waals surface area contributed by atoms with Gasteiger partial charge in [-0.1, -0.05) is 32.4 Å². The number of quaternary nitrogens is 1. The molecule has 5 atom stereocenters. The van der Waals surface area contributed by atoms with E-state index in [0.29, 0.717) is 6.42 Å². The molecule has 0 bridgehead atoms. The zero-order valence-electron chi connectivity index (χ0n) is 16.6. The fraction of sp³-hybridized carbons (Fsp3) is 0.571. The zero-order valence-corrected chi connectivity index (χ0v) is 16.6. The lowest BCUT2D eigenvalue weighted by molar-refractivity contribution is -0.738. The maximum absolute atomic E-state index is 13.5. The Bertz CT molecular complexity index is 849. The Balaban J connectivity index is 1.92. The van der Waals surface area contributed by atoms with Gasteiger partial charge in [0.05, 0.1) is 5.69 Å². The van der Waals surface area contributed by atoms with Crippen molar-refractivity contribution in [3.8, 4) is 0 Å². The van der Waals surface area contributed by atoms with Crippen LogP contribution in [0.2, 0.25) is 0 Å². The Hall–Kier alpha value is -2.21. The number of likely N-dealkylation sites (tertiary alicyclic amines) is 1. The number of rotatable bonds is 3. The first kappa shape index (κ1) is 18.2. The molecule has 3 N–H and O–H groups in total. The van der Waals surface area contributed by atoms with Crippen LogP contribution in [0.3, 0.4) is 0 Å². The molecule has 27 heavy (non-hydrogen) atoms. The van der Waals surface area contributed by atoms with E-state index in [-0.39, 0.29) is 35.7 Å². The number of nitrogens with two attached hydrogens (primary N) is 1. The Morgan fingerprint density at radius 2 is 1.89 bits per heavy atom. The molecule has 3 aliphatic rings. The molecule has 0 aromatic heterocycles. The van der Waals surface area contributed by atoms with Crippen molar-refractivity contribution < 1.29 is 19.7 Å². The number of hydrogen-bond donors (Lipinski definition) is 2. The average Bonchev–Trinajstić information content (AvgIpc) is 3.20. The van der Waals surface area contributed by atoms with Gasteiger partial charge < -0.3 is 10.6 Å². The predicted molar refractivity (Wildman–Crippen MR) is 101 cm³/mol. The van der Waals surface area contributed by atoms with Crippen LogP contribution < -0.4 is 10.6 Å². The van der Waals surface area contributed by atoms with Gasteiger partial charge in [-0.05, 0) is 32.4 Å². The van der Waals surface area contributed by atoms with Crippen molar-refractivity contribution in [1.82, 2.24) is 4.90 Å². The van der Waals surface area contributed by atoms with Crippen LogP contribution in [0.5, 0.6) is 0 Å². The van der Waals surface area contributed by atoms with Crippen LogP contribution in [0.15, 0.2) is 18.2 Å². The number of amides is 3. The first-order valence-corrected chi connectivity index (χ1v) is 9.89. The van der Waals surface area contributed by atoms with Gasteiger partial charge in [0.2, 0.25) is 17.4 Å². The van der Waals surface area contributed by atoms with E-state index in [4.69, 9.17) is 0 Å². The SMILES string of the molecule is CC[C@H](C)N1C(=O)[C@@H]2[C@@H](C(C)C)[NH2+][C@@]3(C(=O)Nc4ccc(C)cc43)[C@@H]2C1=O. The topological polar surface area (TPSA) is 83.1 Å². The Morgan fingerprint density at radius 3 is 2.52 bits per heavy atom. The minimum Gasteiger partial charge on any atom is -0.326 e. The molecule has 6 nitrogen and oxygen atoms in total. The normalized spacial score (nSPS) is 33.0. The third-order valence-corrected chi connectivity index (χ3v) is 6.79. The van der Waals surface area contributed by atoms with Gasteiger partial charge >= 0.3 is 0 Å². The van der Waals surface area contributed by atoms with Gasteiger partial charge in [0.25, 0.3) is 5.91 Å². The second-order valence-electron chi connectivity index (χ2n) is 8.67. The molecule has 0 radical (unpaired) electrons. The molecule has 6 heteroatoms. The number of nitrogens with one attached hydrogen (secondary N) is 1. The van der Waals surface area contributed by atoms with Gasteiger partial charge in [0, 0.05) is 17.5 Å². The summed E-state index contributed by atoms with van der Waals surface area (Å²) >= 11 is 0. The predicted octanol–water partition coefficient (Wildman–Crippen LogP) is 1.14. The summed E-state index contributed by atoms with van der Waals surface area (Å²) in [6.45, 7) is 9.98. The average molecular weight is 370 g/mol. The van der Waals surface area contributed by atoms with E-state index in [1.165, 1.54) is 4.90 Å². The van der Waals surface area contributed by atoms with Crippen molar-refractivity contribution >= 4 is 23.4 Å². The fourth-order valence-electron chi connectivity index (χ4n) is 5.25. The van der Waals surface area contributed by atoms with Gasteiger partial charge in [-0.25, -0.2) is 0 Å². The number of anilines is 1. The Kier molecular flexibility index (Phi) is 3.97. The molecule has 3 heterocycles. The molecule has 0 saturated carbocycles. The zero-order chi connectivity index (χ0) is 19.7. The lowest BCUT2D eigenvalue weighted by Gasteiger charge is -2.29. The first-order valence-electron chi connectivity index (χ1n) is 9.89. The van der Waals surface area contributed by atoms with Gasteiger partial charge in [-0.2, -0.15) is 0 Å². The molecule has 1 aromatic carbocycles. The maximum atomic E-state index is 13.5. The quantitative estimate of drug-likeness (QED) is 0.783. The van der Waals surface area contributed by atoms with E-state index in [1.54, 1.807) is 0 Å². The summed E-state index contributed by atoms with van der Waals surface area (Å²) in [6, 6.07) is 5.60. The highest BCUT2D eigenvalue weighted by molar-refractivity contribution is 6.14. The molecule has 4 rings (SSSR count). The number of aryl methyl sites for hydroxylation is 1. The molecule has 2 saturated heterocycles. The van der Waals surface area contributed by atoms with Crippen molar-refractivity contribution in [2.24, 2.45) is 17.8 Å². The van der Waals surface area contributed by atoms with Crippen LogP contribution in [0, 0.1) is 24.7 Å². The second kappa shape index (κ2) is 5.89. The minimum atomic E-state index is -1.05. The van der Waals surface area contributed by atoms with Crippen molar-refractivity contribution in [2.45, 2.75) is 58.7 Å². The van der Waals surface area contributed by atoms with Crippen molar-refractivity contribution in [2.75, 3.05) is 5.32 Å². The first-order chi connectivity index (χ1) is 12.7. The third kappa shape index (κ3) is 2.19. The van der Waals surface area contributed by atoms with Crippen LogP contribution >= 0.6 is 0 Å². The van der Waals surface area contributed by atoms with Gasteiger partial charge in [-0.15, -0.1) is 0 Å². The highest BCUT2D eigenvalue weighted by Crippen LogP contribution is 2.50. The standard InChI is InChI=1S/C21H27N3O3/c1-6-12(5)24-18(25)15-16(19(24)26)21(23-17(15)10(2)3)13-9-11(4)7-8-14(13)22-20(21)27/h7-10,12,15-17,23H,6H2,1-5H3,(H,22,27)/p+1/t12-,15-,16-,17+,21+/m0/s1. The summed E-state index contributed by atoms with van der Waals surface area (Å²) < 4.78 is 0. The molecule has 1 spiro atoms. The van der Waals surface area contributed by atoms with Crippen molar-refractivity contribution in [3.63, 3.8) is 0 Å². The van der Waals surface area contributed by atoms with Crippen LogP contribution in [-0.4, -0.2) is 34.7 Å². The summed E-state index contributed by atoms with van der Waals surface area (Å²) in [4.78, 5) is 41.4. The molecular formula is C21H28N3O3+. The Morgan fingerprint density at radius 1 is 1.19 bits per heavy atom. The summed E-state index contributed by atoms with van der Waals surface area (Å²) in [7, 11) is 0. The maximum Gasteiger partial charge on any atom is 0.291 e. The van der Waals surface area contributed by atoms with Gasteiger partial charge in [-0.3, -0.25) is 19.3 Å². The number of hydrogen-bond acceptors (Lipinski definition) is 3. The highest BCUT2D eigenvalue weighted by Gasteiger charge is 2.74.